The molecule has 3 aromatic rings. The first-order valence-electron chi connectivity index (χ1n) is 7.45. The van der Waals surface area contributed by atoms with Crippen molar-refractivity contribution in [2.75, 3.05) is 5.32 Å². The molecule has 2 unspecified atom stereocenters. The van der Waals surface area contributed by atoms with Crippen molar-refractivity contribution >= 4 is 16.5 Å². The quantitative estimate of drug-likeness (QED) is 0.703. The van der Waals surface area contributed by atoms with Gasteiger partial charge in [-0.05, 0) is 22.6 Å². The van der Waals surface area contributed by atoms with Crippen molar-refractivity contribution in [2.45, 2.75) is 18.6 Å². The van der Waals surface area contributed by atoms with Gasteiger partial charge in [0.25, 0.3) is 0 Å². The Morgan fingerprint density at radius 2 is 1.68 bits per heavy atom. The van der Waals surface area contributed by atoms with Crippen molar-refractivity contribution in [1.29, 1.82) is 0 Å². The number of nitrogens with one attached hydrogen (secondary N) is 1. The fourth-order valence-corrected chi connectivity index (χ4v) is 3.37. The van der Waals surface area contributed by atoms with E-state index in [0.717, 1.165) is 22.0 Å². The highest BCUT2D eigenvalue weighted by Crippen LogP contribution is 2.42. The van der Waals surface area contributed by atoms with E-state index >= 15 is 0 Å². The molecule has 0 bridgehead atoms. The third-order valence-electron chi connectivity index (χ3n) is 4.39. The van der Waals surface area contributed by atoms with Gasteiger partial charge in [0.15, 0.2) is 0 Å². The summed E-state index contributed by atoms with van der Waals surface area (Å²) < 4.78 is 14.2. The van der Waals surface area contributed by atoms with Crippen molar-refractivity contribution in [3.63, 3.8) is 0 Å². The molecule has 0 amide bonds. The average molecular weight is 293 g/mol. The van der Waals surface area contributed by atoms with Gasteiger partial charge < -0.3 is 10.4 Å². The van der Waals surface area contributed by atoms with Gasteiger partial charge in [-0.25, -0.2) is 4.39 Å². The number of aliphatic hydroxyl groups excluding tert-OH is 1. The average Bonchev–Trinajstić information content (AvgIpc) is 2.54. The molecule has 3 aromatic carbocycles. The third kappa shape index (κ3) is 2.06. The Kier molecular flexibility index (Phi) is 3.09. The summed E-state index contributed by atoms with van der Waals surface area (Å²) in [5, 5.41) is 15.5. The van der Waals surface area contributed by atoms with Gasteiger partial charge in [-0.2, -0.15) is 0 Å². The van der Waals surface area contributed by atoms with Crippen molar-refractivity contribution in [2.24, 2.45) is 0 Å². The normalized spacial score (nSPS) is 20.5. The Balaban J connectivity index is 1.95. The van der Waals surface area contributed by atoms with E-state index in [2.05, 4.69) is 11.4 Å². The lowest BCUT2D eigenvalue weighted by Crippen LogP contribution is -2.28. The molecule has 1 heterocycles. The maximum atomic E-state index is 14.2. The monoisotopic (exact) mass is 293 g/mol. The Morgan fingerprint density at radius 1 is 0.909 bits per heavy atom. The maximum Gasteiger partial charge on any atom is 0.127 e. The second kappa shape index (κ2) is 5.11. The summed E-state index contributed by atoms with van der Waals surface area (Å²) in [4.78, 5) is 0. The number of halogens is 1. The minimum atomic E-state index is -0.678. The molecule has 22 heavy (non-hydrogen) atoms. The van der Waals surface area contributed by atoms with Gasteiger partial charge in [0.1, 0.15) is 12.0 Å². The molecular formula is C19H16FNO. The lowest BCUT2D eigenvalue weighted by atomic mass is 9.83. The minimum Gasteiger partial charge on any atom is -0.374 e. The Hall–Kier alpha value is -2.39. The van der Waals surface area contributed by atoms with E-state index in [9.17, 15) is 9.50 Å². The van der Waals surface area contributed by atoms with E-state index in [1.807, 2.05) is 36.4 Å². The lowest BCUT2D eigenvalue weighted by Gasteiger charge is -2.32. The molecule has 2 N–H and O–H groups in total. The number of benzene rings is 3. The van der Waals surface area contributed by atoms with E-state index in [4.69, 9.17) is 0 Å². The fourth-order valence-electron chi connectivity index (χ4n) is 3.37. The van der Waals surface area contributed by atoms with Crippen LogP contribution in [0.3, 0.4) is 0 Å². The number of hydrogen-bond acceptors (Lipinski definition) is 2. The summed E-state index contributed by atoms with van der Waals surface area (Å²) in [6.45, 7) is 0. The zero-order valence-electron chi connectivity index (χ0n) is 12.0. The smallest absolute Gasteiger partial charge is 0.127 e. The largest absolute Gasteiger partial charge is 0.374 e. The first kappa shape index (κ1) is 13.3. The number of rotatable bonds is 1. The molecule has 0 saturated carbocycles. The topological polar surface area (TPSA) is 32.3 Å². The predicted molar refractivity (Wildman–Crippen MR) is 86.4 cm³/mol. The van der Waals surface area contributed by atoms with Crippen LogP contribution < -0.4 is 5.32 Å². The highest BCUT2D eigenvalue weighted by molar-refractivity contribution is 5.96. The van der Waals surface area contributed by atoms with Crippen LogP contribution in [0, 0.1) is 5.82 Å². The molecule has 1 aliphatic heterocycles. The highest BCUT2D eigenvalue weighted by atomic mass is 19.1. The van der Waals surface area contributed by atoms with Crippen LogP contribution in [0.2, 0.25) is 0 Å². The van der Waals surface area contributed by atoms with Crippen LogP contribution >= 0.6 is 0 Å². The van der Waals surface area contributed by atoms with Crippen LogP contribution in [-0.4, -0.2) is 11.3 Å². The van der Waals surface area contributed by atoms with E-state index in [-0.39, 0.29) is 11.7 Å². The van der Waals surface area contributed by atoms with Gasteiger partial charge in [0, 0.05) is 23.4 Å². The SMILES string of the molecule is OC1CC(c2ccccc2F)c2ccc3ccccc3c2N1. The second-order valence-electron chi connectivity index (χ2n) is 5.72. The van der Waals surface area contributed by atoms with Crippen LogP contribution in [0.1, 0.15) is 23.5 Å². The number of hydrogen-bond donors (Lipinski definition) is 2. The Morgan fingerprint density at radius 3 is 2.55 bits per heavy atom. The molecule has 4 rings (SSSR count). The van der Waals surface area contributed by atoms with Crippen LogP contribution in [0.25, 0.3) is 10.8 Å². The zero-order chi connectivity index (χ0) is 15.1. The van der Waals surface area contributed by atoms with Gasteiger partial charge in [0.2, 0.25) is 0 Å². The number of anilines is 1. The third-order valence-corrected chi connectivity index (χ3v) is 4.39. The first-order chi connectivity index (χ1) is 10.7. The molecule has 0 radical (unpaired) electrons. The van der Waals surface area contributed by atoms with E-state index < -0.39 is 6.23 Å². The van der Waals surface area contributed by atoms with Gasteiger partial charge in [-0.1, -0.05) is 54.6 Å². The van der Waals surface area contributed by atoms with Crippen LogP contribution in [0.15, 0.2) is 60.7 Å². The second-order valence-corrected chi connectivity index (χ2v) is 5.72. The lowest BCUT2D eigenvalue weighted by molar-refractivity contribution is 0.182. The Bertz CT molecular complexity index is 846. The summed E-state index contributed by atoms with van der Waals surface area (Å²) in [5.41, 5.74) is 2.58. The fraction of sp³-hybridized carbons (Fsp3) is 0.158. The van der Waals surface area contributed by atoms with Crippen LogP contribution in [-0.2, 0) is 0 Å². The number of fused-ring (bicyclic) bond motifs is 3. The van der Waals surface area contributed by atoms with Crippen molar-refractivity contribution in [3.8, 4) is 0 Å². The van der Waals surface area contributed by atoms with Crippen molar-refractivity contribution in [3.05, 3.63) is 77.6 Å². The van der Waals surface area contributed by atoms with Gasteiger partial charge in [0.05, 0.1) is 0 Å². The van der Waals surface area contributed by atoms with Gasteiger partial charge >= 0.3 is 0 Å². The van der Waals surface area contributed by atoms with Crippen molar-refractivity contribution in [1.82, 2.24) is 0 Å². The predicted octanol–water partition coefficient (Wildman–Crippen LogP) is 4.24. The molecule has 1 aliphatic rings. The maximum absolute atomic E-state index is 14.2. The molecular weight excluding hydrogens is 277 g/mol. The molecule has 2 nitrogen and oxygen atoms in total. The van der Waals surface area contributed by atoms with E-state index in [1.54, 1.807) is 12.1 Å². The number of aliphatic hydroxyl groups is 1. The first-order valence-corrected chi connectivity index (χ1v) is 7.45. The molecule has 0 aliphatic carbocycles. The van der Waals surface area contributed by atoms with E-state index in [1.165, 1.54) is 6.07 Å². The molecule has 0 spiro atoms. The zero-order valence-corrected chi connectivity index (χ0v) is 12.0. The minimum absolute atomic E-state index is 0.142. The summed E-state index contributed by atoms with van der Waals surface area (Å²) >= 11 is 0. The van der Waals surface area contributed by atoms with Crippen LogP contribution in [0.4, 0.5) is 10.1 Å². The van der Waals surface area contributed by atoms with E-state index in [0.29, 0.717) is 12.0 Å². The Labute approximate surface area is 128 Å². The molecule has 0 aromatic heterocycles. The summed E-state index contributed by atoms with van der Waals surface area (Å²) in [6, 6.07) is 18.9. The molecule has 110 valence electrons. The van der Waals surface area contributed by atoms with Crippen LogP contribution in [0.5, 0.6) is 0 Å². The molecule has 0 fully saturated rings. The molecule has 2 atom stereocenters. The standard InChI is InChI=1S/C19H16FNO/c20-17-8-4-3-7-14(17)16-11-18(22)21-19-13-6-2-1-5-12(13)9-10-15(16)19/h1-10,16,18,21-22H,11H2. The summed E-state index contributed by atoms with van der Waals surface area (Å²) in [7, 11) is 0. The van der Waals surface area contributed by atoms with Gasteiger partial charge in [-0.15, -0.1) is 0 Å². The molecule has 0 saturated heterocycles. The van der Waals surface area contributed by atoms with Crippen molar-refractivity contribution < 1.29 is 9.50 Å². The summed E-state index contributed by atoms with van der Waals surface area (Å²) in [5.74, 6) is -0.363. The highest BCUT2D eigenvalue weighted by Gasteiger charge is 2.29. The summed E-state index contributed by atoms with van der Waals surface area (Å²) in [6.07, 6.45) is -0.213. The molecule has 3 heteroatoms. The van der Waals surface area contributed by atoms with Gasteiger partial charge in [-0.3, -0.25) is 0 Å².